The molecular formula is C24H20N4O4. The van der Waals surface area contributed by atoms with E-state index in [-0.39, 0.29) is 18.6 Å². The average molecular weight is 428 g/mol. The molecule has 32 heavy (non-hydrogen) atoms. The third-order valence-electron chi connectivity index (χ3n) is 4.32. The molecular weight excluding hydrogens is 408 g/mol. The average Bonchev–Trinajstić information content (AvgIpc) is 2.82. The number of carbonyl (C=O) groups is 3. The molecule has 0 saturated carbocycles. The molecule has 0 heterocycles. The fourth-order valence-electron chi connectivity index (χ4n) is 2.81. The van der Waals surface area contributed by atoms with Gasteiger partial charge in [0.25, 0.3) is 11.8 Å². The first-order valence-corrected chi connectivity index (χ1v) is 9.70. The second-order valence-corrected chi connectivity index (χ2v) is 6.61. The number of carbonyl (C=O) groups excluding carboxylic acids is 3. The molecule has 0 aliphatic heterocycles. The van der Waals surface area contributed by atoms with Crippen LogP contribution in [0.5, 0.6) is 5.75 Å². The van der Waals surface area contributed by atoms with Gasteiger partial charge in [0.05, 0.1) is 6.07 Å². The molecule has 0 fully saturated rings. The minimum absolute atomic E-state index is 0.258. The lowest BCUT2D eigenvalue weighted by Crippen LogP contribution is -2.43. The van der Waals surface area contributed by atoms with E-state index in [2.05, 4.69) is 16.2 Å². The summed E-state index contributed by atoms with van der Waals surface area (Å²) >= 11 is 0. The first-order chi connectivity index (χ1) is 15.6. The number of hydrazine groups is 1. The van der Waals surface area contributed by atoms with E-state index in [0.29, 0.717) is 11.4 Å². The quantitative estimate of drug-likeness (QED) is 0.500. The van der Waals surface area contributed by atoms with Gasteiger partial charge in [-0.1, -0.05) is 48.5 Å². The van der Waals surface area contributed by atoms with Crippen molar-refractivity contribution in [2.45, 2.75) is 6.42 Å². The minimum Gasteiger partial charge on any atom is -0.483 e. The van der Waals surface area contributed by atoms with Gasteiger partial charge in [-0.2, -0.15) is 5.26 Å². The molecule has 0 unspecified atom stereocenters. The Bertz CT molecular complexity index is 1140. The summed E-state index contributed by atoms with van der Waals surface area (Å²) in [6.45, 7) is -0.284. The molecule has 3 N–H and O–H groups in total. The summed E-state index contributed by atoms with van der Waals surface area (Å²) in [5.41, 5.74) is 7.17. The number of ether oxygens (including phenoxy) is 1. The van der Waals surface area contributed by atoms with E-state index < -0.39 is 17.7 Å². The van der Waals surface area contributed by atoms with Crippen molar-refractivity contribution in [3.05, 3.63) is 84.4 Å². The lowest BCUT2D eigenvalue weighted by Gasteiger charge is -2.12. The van der Waals surface area contributed by atoms with Crippen LogP contribution in [0.4, 0.5) is 5.69 Å². The molecule has 0 saturated heterocycles. The molecule has 0 spiro atoms. The Morgan fingerprint density at radius 3 is 2.22 bits per heavy atom. The van der Waals surface area contributed by atoms with Crippen molar-refractivity contribution in [3.8, 4) is 22.9 Å². The standard InChI is InChI=1S/C24H20N4O4/c25-15-14-22(29)26-19-12-10-18(11-13-19)24(31)28-27-23(30)16-32-21-9-5-4-8-20(21)17-6-2-1-3-7-17/h1-13H,14,16H2,(H,26,29)(H,27,30)(H,28,31). The van der Waals surface area contributed by atoms with Gasteiger partial charge in [0.15, 0.2) is 6.61 Å². The predicted octanol–water partition coefficient (Wildman–Crippen LogP) is 3.05. The van der Waals surface area contributed by atoms with Gasteiger partial charge in [0, 0.05) is 16.8 Å². The predicted molar refractivity (Wildman–Crippen MR) is 118 cm³/mol. The molecule has 3 aromatic carbocycles. The van der Waals surface area contributed by atoms with Crippen LogP contribution in [0.25, 0.3) is 11.1 Å². The van der Waals surface area contributed by atoms with Crippen molar-refractivity contribution in [2.24, 2.45) is 0 Å². The summed E-state index contributed by atoms with van der Waals surface area (Å²) in [5.74, 6) is -0.945. The van der Waals surface area contributed by atoms with Crippen LogP contribution in [0.15, 0.2) is 78.9 Å². The van der Waals surface area contributed by atoms with Crippen molar-refractivity contribution in [3.63, 3.8) is 0 Å². The van der Waals surface area contributed by atoms with Crippen LogP contribution in [0.1, 0.15) is 16.8 Å². The van der Waals surface area contributed by atoms with Crippen molar-refractivity contribution < 1.29 is 19.1 Å². The van der Waals surface area contributed by atoms with Crippen LogP contribution < -0.4 is 20.9 Å². The monoisotopic (exact) mass is 428 g/mol. The van der Waals surface area contributed by atoms with Crippen LogP contribution in [-0.4, -0.2) is 24.3 Å². The van der Waals surface area contributed by atoms with Crippen molar-refractivity contribution >= 4 is 23.4 Å². The lowest BCUT2D eigenvalue weighted by atomic mass is 10.1. The highest BCUT2D eigenvalue weighted by molar-refractivity contribution is 5.97. The van der Waals surface area contributed by atoms with Gasteiger partial charge in [-0.3, -0.25) is 25.2 Å². The molecule has 0 aliphatic rings. The number of para-hydroxylation sites is 1. The molecule has 8 nitrogen and oxygen atoms in total. The summed E-state index contributed by atoms with van der Waals surface area (Å²) in [6.07, 6.45) is -0.258. The third kappa shape index (κ3) is 6.18. The highest BCUT2D eigenvalue weighted by atomic mass is 16.5. The zero-order chi connectivity index (χ0) is 22.8. The summed E-state index contributed by atoms with van der Waals surface area (Å²) < 4.78 is 5.64. The van der Waals surface area contributed by atoms with Gasteiger partial charge in [-0.15, -0.1) is 0 Å². The van der Waals surface area contributed by atoms with Crippen molar-refractivity contribution in [1.29, 1.82) is 5.26 Å². The maximum absolute atomic E-state index is 12.2. The van der Waals surface area contributed by atoms with E-state index >= 15 is 0 Å². The summed E-state index contributed by atoms with van der Waals surface area (Å²) in [5, 5.41) is 11.0. The molecule has 0 atom stereocenters. The zero-order valence-electron chi connectivity index (χ0n) is 17.0. The Morgan fingerprint density at radius 2 is 1.50 bits per heavy atom. The fourth-order valence-corrected chi connectivity index (χ4v) is 2.81. The molecule has 3 rings (SSSR count). The van der Waals surface area contributed by atoms with E-state index in [1.165, 1.54) is 24.3 Å². The molecule has 8 heteroatoms. The molecule has 160 valence electrons. The highest BCUT2D eigenvalue weighted by Crippen LogP contribution is 2.29. The number of nitrogens with one attached hydrogen (secondary N) is 3. The first kappa shape index (κ1) is 22.1. The molecule has 0 radical (unpaired) electrons. The van der Waals surface area contributed by atoms with Gasteiger partial charge in [-0.25, -0.2) is 0 Å². The molecule has 0 aromatic heterocycles. The zero-order valence-corrected chi connectivity index (χ0v) is 17.0. The fraction of sp³-hybridized carbons (Fsp3) is 0.0833. The summed E-state index contributed by atoms with van der Waals surface area (Å²) in [6, 6.07) is 24.8. The van der Waals surface area contributed by atoms with Crippen molar-refractivity contribution in [1.82, 2.24) is 10.9 Å². The number of nitriles is 1. The van der Waals surface area contributed by atoms with Gasteiger partial charge >= 0.3 is 0 Å². The summed E-state index contributed by atoms with van der Waals surface area (Å²) in [4.78, 5) is 35.7. The Balaban J connectivity index is 1.50. The third-order valence-corrected chi connectivity index (χ3v) is 4.32. The lowest BCUT2D eigenvalue weighted by molar-refractivity contribution is -0.123. The van der Waals surface area contributed by atoms with Crippen LogP contribution in [0.3, 0.4) is 0 Å². The number of benzene rings is 3. The van der Waals surface area contributed by atoms with Gasteiger partial charge in [-0.05, 0) is 35.9 Å². The highest BCUT2D eigenvalue weighted by Gasteiger charge is 2.11. The topological polar surface area (TPSA) is 120 Å². The van der Waals surface area contributed by atoms with Crippen LogP contribution in [0.2, 0.25) is 0 Å². The van der Waals surface area contributed by atoms with Gasteiger partial charge < -0.3 is 10.1 Å². The van der Waals surface area contributed by atoms with E-state index in [4.69, 9.17) is 10.00 Å². The molecule has 3 aromatic rings. The number of hydrogen-bond donors (Lipinski definition) is 3. The Kier molecular flexibility index (Phi) is 7.54. The number of rotatable bonds is 7. The second-order valence-electron chi connectivity index (χ2n) is 6.61. The molecule has 3 amide bonds. The largest absolute Gasteiger partial charge is 0.483 e. The van der Waals surface area contributed by atoms with Gasteiger partial charge in [0.2, 0.25) is 5.91 Å². The van der Waals surface area contributed by atoms with E-state index in [1.54, 1.807) is 12.1 Å². The van der Waals surface area contributed by atoms with E-state index in [1.807, 2.05) is 48.5 Å². The first-order valence-electron chi connectivity index (χ1n) is 9.70. The smallest absolute Gasteiger partial charge is 0.276 e. The van der Waals surface area contributed by atoms with E-state index in [9.17, 15) is 14.4 Å². The van der Waals surface area contributed by atoms with Gasteiger partial charge in [0.1, 0.15) is 12.2 Å². The van der Waals surface area contributed by atoms with Crippen molar-refractivity contribution in [2.75, 3.05) is 11.9 Å². The normalized spacial score (nSPS) is 9.84. The van der Waals surface area contributed by atoms with E-state index in [0.717, 1.165) is 11.1 Å². The minimum atomic E-state index is -0.530. The number of amides is 3. The Morgan fingerprint density at radius 1 is 0.812 bits per heavy atom. The van der Waals surface area contributed by atoms with Crippen LogP contribution in [-0.2, 0) is 9.59 Å². The Hall–Kier alpha value is -4.64. The maximum atomic E-state index is 12.2. The van der Waals surface area contributed by atoms with Crippen LogP contribution in [0, 0.1) is 11.3 Å². The second kappa shape index (κ2) is 10.9. The molecule has 0 aliphatic carbocycles. The Labute approximate surface area is 184 Å². The maximum Gasteiger partial charge on any atom is 0.276 e. The number of hydrogen-bond acceptors (Lipinski definition) is 5. The van der Waals surface area contributed by atoms with Crippen LogP contribution >= 0.6 is 0 Å². The number of anilines is 1. The molecule has 0 bridgehead atoms. The SMILES string of the molecule is N#CCC(=O)Nc1ccc(C(=O)NNC(=O)COc2ccccc2-c2ccccc2)cc1. The number of nitrogens with zero attached hydrogens (tertiary/aromatic N) is 1. The summed E-state index contributed by atoms with van der Waals surface area (Å²) in [7, 11) is 0.